The highest BCUT2D eigenvalue weighted by Crippen LogP contribution is 2.28. The van der Waals surface area contributed by atoms with Crippen molar-refractivity contribution in [2.24, 2.45) is 5.73 Å². The normalized spacial score (nSPS) is 17.8. The van der Waals surface area contributed by atoms with E-state index in [1.54, 1.807) is 7.11 Å². The molecule has 1 aliphatic rings. The van der Waals surface area contributed by atoms with E-state index in [1.807, 2.05) is 29.2 Å². The van der Waals surface area contributed by atoms with Crippen molar-refractivity contribution in [2.45, 2.75) is 6.04 Å². The number of para-hydroxylation sites is 2. The maximum atomic E-state index is 11.3. The van der Waals surface area contributed by atoms with Crippen LogP contribution in [0.25, 0.3) is 0 Å². The summed E-state index contributed by atoms with van der Waals surface area (Å²) in [6.45, 7) is 2.68. The first kappa shape index (κ1) is 14.6. The molecule has 0 saturated carbocycles. The van der Waals surface area contributed by atoms with E-state index in [-0.39, 0.29) is 6.61 Å². The average Bonchev–Trinajstić information content (AvgIpc) is 2.48. The summed E-state index contributed by atoms with van der Waals surface area (Å²) in [5, 5.41) is 9.24. The minimum atomic E-state index is -0.588. The molecule has 3 N–H and O–H groups in total. The first-order chi connectivity index (χ1) is 9.67. The van der Waals surface area contributed by atoms with Gasteiger partial charge in [0, 0.05) is 26.2 Å². The van der Waals surface area contributed by atoms with Crippen molar-refractivity contribution in [3.05, 3.63) is 24.3 Å². The topological polar surface area (TPSA) is 79.0 Å². The van der Waals surface area contributed by atoms with Crippen LogP contribution in [-0.4, -0.2) is 61.9 Å². The Hall–Kier alpha value is -1.79. The fourth-order valence-corrected chi connectivity index (χ4v) is 2.55. The molecule has 1 amide bonds. The monoisotopic (exact) mass is 279 g/mol. The summed E-state index contributed by atoms with van der Waals surface area (Å²) in [6, 6.07) is 7.28. The first-order valence-corrected chi connectivity index (χ1v) is 6.69. The van der Waals surface area contributed by atoms with E-state index in [9.17, 15) is 9.90 Å². The number of carbonyl (C=O) groups excluding carboxylic acids is 1. The lowest BCUT2D eigenvalue weighted by Gasteiger charge is -2.38. The van der Waals surface area contributed by atoms with E-state index < -0.39 is 11.9 Å². The minimum Gasteiger partial charge on any atom is -0.495 e. The number of hydrogen-bond donors (Lipinski definition) is 2. The molecule has 1 heterocycles. The number of rotatable bonds is 5. The second kappa shape index (κ2) is 6.58. The van der Waals surface area contributed by atoms with Gasteiger partial charge in [-0.25, -0.2) is 0 Å². The Kier molecular flexibility index (Phi) is 4.81. The van der Waals surface area contributed by atoms with E-state index >= 15 is 0 Å². The fourth-order valence-electron chi connectivity index (χ4n) is 2.55. The molecule has 0 spiro atoms. The van der Waals surface area contributed by atoms with Crippen molar-refractivity contribution in [2.75, 3.05) is 44.8 Å². The van der Waals surface area contributed by atoms with Gasteiger partial charge in [0.25, 0.3) is 0 Å². The molecule has 0 aromatic heterocycles. The molecule has 0 aliphatic carbocycles. The Morgan fingerprint density at radius 3 is 2.55 bits per heavy atom. The highest BCUT2D eigenvalue weighted by molar-refractivity contribution is 5.80. The van der Waals surface area contributed by atoms with Crippen LogP contribution in [0.2, 0.25) is 0 Å². The predicted octanol–water partition coefficient (Wildman–Crippen LogP) is -0.337. The number of methoxy groups -OCH3 is 1. The van der Waals surface area contributed by atoms with Gasteiger partial charge >= 0.3 is 0 Å². The van der Waals surface area contributed by atoms with Crippen molar-refractivity contribution >= 4 is 11.6 Å². The Morgan fingerprint density at radius 1 is 1.35 bits per heavy atom. The predicted molar refractivity (Wildman–Crippen MR) is 76.8 cm³/mol. The van der Waals surface area contributed by atoms with Crippen LogP contribution in [0.4, 0.5) is 5.69 Å². The summed E-state index contributed by atoms with van der Waals surface area (Å²) in [7, 11) is 1.66. The maximum Gasteiger partial charge on any atom is 0.237 e. The number of benzene rings is 1. The van der Waals surface area contributed by atoms with Crippen LogP contribution >= 0.6 is 0 Å². The number of nitrogens with two attached hydrogens (primary N) is 1. The quantitative estimate of drug-likeness (QED) is 0.771. The van der Waals surface area contributed by atoms with Crippen molar-refractivity contribution in [3.8, 4) is 5.75 Å². The molecule has 20 heavy (non-hydrogen) atoms. The number of amides is 1. The summed E-state index contributed by atoms with van der Waals surface area (Å²) in [5.74, 6) is 0.368. The van der Waals surface area contributed by atoms with E-state index in [2.05, 4.69) is 4.90 Å². The molecule has 1 unspecified atom stereocenters. The number of piperazine rings is 1. The van der Waals surface area contributed by atoms with Gasteiger partial charge in [0.1, 0.15) is 11.8 Å². The molecule has 0 radical (unpaired) electrons. The number of aliphatic hydroxyl groups is 1. The van der Waals surface area contributed by atoms with E-state index in [0.29, 0.717) is 13.1 Å². The second-order valence-corrected chi connectivity index (χ2v) is 4.80. The standard InChI is InChI=1S/C14H21N3O3/c1-20-13-5-3-2-4-11(13)16-6-8-17(9-7-16)12(10-18)14(15)19/h2-5,12,18H,6-10H2,1H3,(H2,15,19). The van der Waals surface area contributed by atoms with Crippen LogP contribution in [0.15, 0.2) is 24.3 Å². The number of nitrogens with zero attached hydrogens (tertiary/aromatic N) is 2. The molecule has 6 heteroatoms. The van der Waals surface area contributed by atoms with Gasteiger partial charge in [-0.1, -0.05) is 12.1 Å². The lowest BCUT2D eigenvalue weighted by molar-refractivity contribution is -0.124. The summed E-state index contributed by atoms with van der Waals surface area (Å²) < 4.78 is 5.36. The molecule has 2 rings (SSSR count). The maximum absolute atomic E-state index is 11.3. The van der Waals surface area contributed by atoms with E-state index in [1.165, 1.54) is 0 Å². The Labute approximate surface area is 118 Å². The van der Waals surface area contributed by atoms with E-state index in [4.69, 9.17) is 10.5 Å². The fraction of sp³-hybridized carbons (Fsp3) is 0.500. The Balaban J connectivity index is 2.02. The third-order valence-electron chi connectivity index (χ3n) is 3.68. The summed E-state index contributed by atoms with van der Waals surface area (Å²) in [5.41, 5.74) is 6.35. The third kappa shape index (κ3) is 3.02. The van der Waals surface area contributed by atoms with Crippen LogP contribution < -0.4 is 15.4 Å². The third-order valence-corrected chi connectivity index (χ3v) is 3.68. The second-order valence-electron chi connectivity index (χ2n) is 4.80. The molecular weight excluding hydrogens is 258 g/mol. The van der Waals surface area contributed by atoms with Crippen molar-refractivity contribution in [3.63, 3.8) is 0 Å². The van der Waals surface area contributed by atoms with Crippen LogP contribution in [-0.2, 0) is 4.79 Å². The van der Waals surface area contributed by atoms with Crippen molar-refractivity contribution < 1.29 is 14.6 Å². The lowest BCUT2D eigenvalue weighted by Crippen LogP contribution is -2.55. The van der Waals surface area contributed by atoms with Gasteiger partial charge in [-0.2, -0.15) is 0 Å². The molecular formula is C14H21N3O3. The van der Waals surface area contributed by atoms with Gasteiger partial charge in [0.15, 0.2) is 0 Å². The first-order valence-electron chi connectivity index (χ1n) is 6.69. The van der Waals surface area contributed by atoms with Gasteiger partial charge < -0.3 is 20.5 Å². The van der Waals surface area contributed by atoms with E-state index in [0.717, 1.165) is 24.5 Å². The molecule has 1 aromatic rings. The zero-order chi connectivity index (χ0) is 14.5. The highest BCUT2D eigenvalue weighted by atomic mass is 16.5. The minimum absolute atomic E-state index is 0.232. The summed E-state index contributed by atoms with van der Waals surface area (Å²) in [4.78, 5) is 15.4. The van der Waals surface area contributed by atoms with Crippen molar-refractivity contribution in [1.82, 2.24) is 4.90 Å². The molecule has 1 atom stereocenters. The number of hydrogen-bond acceptors (Lipinski definition) is 5. The van der Waals surface area contributed by atoms with Crippen LogP contribution in [0.5, 0.6) is 5.75 Å². The summed E-state index contributed by atoms with van der Waals surface area (Å²) in [6.07, 6.45) is 0. The zero-order valence-corrected chi connectivity index (χ0v) is 11.7. The molecule has 1 aromatic carbocycles. The average molecular weight is 279 g/mol. The molecule has 0 bridgehead atoms. The van der Waals surface area contributed by atoms with Gasteiger partial charge in [-0.05, 0) is 12.1 Å². The largest absolute Gasteiger partial charge is 0.495 e. The number of aliphatic hydroxyl groups excluding tert-OH is 1. The summed E-state index contributed by atoms with van der Waals surface area (Å²) >= 11 is 0. The molecule has 6 nitrogen and oxygen atoms in total. The van der Waals surface area contributed by atoms with Crippen LogP contribution in [0.1, 0.15) is 0 Å². The SMILES string of the molecule is COc1ccccc1N1CCN(C(CO)C(N)=O)CC1. The van der Waals surface area contributed by atoms with Gasteiger partial charge in [0.05, 0.1) is 19.4 Å². The zero-order valence-electron chi connectivity index (χ0n) is 11.7. The van der Waals surface area contributed by atoms with Gasteiger partial charge in [-0.3, -0.25) is 9.69 Å². The smallest absolute Gasteiger partial charge is 0.237 e. The lowest BCUT2D eigenvalue weighted by atomic mass is 10.2. The number of ether oxygens (including phenoxy) is 1. The van der Waals surface area contributed by atoms with Crippen LogP contribution in [0, 0.1) is 0 Å². The number of anilines is 1. The number of primary amides is 1. The molecule has 110 valence electrons. The molecule has 1 aliphatic heterocycles. The number of carbonyl (C=O) groups is 1. The van der Waals surface area contributed by atoms with Crippen molar-refractivity contribution in [1.29, 1.82) is 0 Å². The van der Waals surface area contributed by atoms with Crippen LogP contribution in [0.3, 0.4) is 0 Å². The Bertz CT molecular complexity index is 459. The molecule has 1 saturated heterocycles. The Morgan fingerprint density at radius 2 is 2.00 bits per heavy atom. The van der Waals surface area contributed by atoms with Gasteiger partial charge in [0.2, 0.25) is 5.91 Å². The van der Waals surface area contributed by atoms with Gasteiger partial charge in [-0.15, -0.1) is 0 Å². The molecule has 1 fully saturated rings. The highest BCUT2D eigenvalue weighted by Gasteiger charge is 2.27.